The highest BCUT2D eigenvalue weighted by Crippen LogP contribution is 2.49. The summed E-state index contributed by atoms with van der Waals surface area (Å²) in [6.45, 7) is 1.91. The number of nitrogens with zero attached hydrogens (tertiary/aromatic N) is 1. The summed E-state index contributed by atoms with van der Waals surface area (Å²) in [5.41, 5.74) is 8.98. The van der Waals surface area contributed by atoms with Crippen molar-refractivity contribution >= 4 is 17.3 Å². The van der Waals surface area contributed by atoms with Crippen molar-refractivity contribution in [2.45, 2.75) is 31.4 Å². The molecule has 5 nitrogen and oxygen atoms in total. The Morgan fingerprint density at radius 1 is 1.06 bits per heavy atom. The Balaban J connectivity index is 1.36. The molecule has 0 radical (unpaired) electrons. The van der Waals surface area contributed by atoms with Crippen molar-refractivity contribution in [3.05, 3.63) is 113 Å². The third kappa shape index (κ3) is 4.27. The van der Waals surface area contributed by atoms with Gasteiger partial charge in [0.15, 0.2) is 6.10 Å². The van der Waals surface area contributed by atoms with Gasteiger partial charge >= 0.3 is 0 Å². The number of amides is 1. The molecule has 1 amide bonds. The van der Waals surface area contributed by atoms with Gasteiger partial charge in [-0.1, -0.05) is 78.9 Å². The first-order valence-electron chi connectivity index (χ1n) is 11.7. The van der Waals surface area contributed by atoms with Crippen LogP contribution in [0.5, 0.6) is 0 Å². The highest BCUT2D eigenvalue weighted by atomic mass is 16.5. The number of allylic oxidation sites excluding steroid dienone is 2. The smallest absolute Gasteiger partial charge is 0.273 e. The van der Waals surface area contributed by atoms with Crippen LogP contribution in [0.4, 0.5) is 5.69 Å². The number of nitrogens with one attached hydrogen (secondary N) is 2. The fourth-order valence-electron chi connectivity index (χ4n) is 5.09. The lowest BCUT2D eigenvalue weighted by atomic mass is 9.76. The highest BCUT2D eigenvalue weighted by Gasteiger charge is 2.37. The molecule has 0 bridgehead atoms. The molecule has 0 unspecified atom stereocenters. The number of fused-ring (bicyclic) bond motifs is 3. The van der Waals surface area contributed by atoms with Crippen LogP contribution in [0.2, 0.25) is 0 Å². The SMILES string of the molecule is CO[C@H](C(=O)N/N=C(/C)c1ccc2c(c1)[C@@H]1C=CC[C@@H]1[C@H](c1ccccc1)N2)c1ccccc1. The standard InChI is InChI=1S/C29H29N3O2/c1-19(31-32-29(33)28(34-2)21-12-7-4-8-13-21)22-16-17-26-25(18-22)23-14-9-15-24(23)27(30-26)20-10-5-3-6-11-20/h3-14,16-18,23-24,27-28,30H,15H2,1-2H3,(H,32,33)/b31-19-/t23-,24+,27+,28+/m1/s1. The van der Waals surface area contributed by atoms with Crippen LogP contribution in [-0.4, -0.2) is 18.7 Å². The number of hydrazone groups is 1. The number of anilines is 1. The zero-order chi connectivity index (χ0) is 23.5. The van der Waals surface area contributed by atoms with E-state index in [0.717, 1.165) is 28.9 Å². The predicted molar refractivity (Wildman–Crippen MR) is 136 cm³/mol. The Labute approximate surface area is 200 Å². The molecule has 4 atom stereocenters. The molecule has 1 aliphatic heterocycles. The van der Waals surface area contributed by atoms with Crippen molar-refractivity contribution in [3.8, 4) is 0 Å². The van der Waals surface area contributed by atoms with Gasteiger partial charge in [-0.05, 0) is 53.6 Å². The summed E-state index contributed by atoms with van der Waals surface area (Å²) in [6, 6.07) is 26.8. The maximum absolute atomic E-state index is 12.7. The van der Waals surface area contributed by atoms with Gasteiger partial charge in [0.2, 0.25) is 0 Å². The molecular weight excluding hydrogens is 422 g/mol. The molecular formula is C29H29N3O2. The van der Waals surface area contributed by atoms with Gasteiger partial charge in [0, 0.05) is 18.7 Å². The van der Waals surface area contributed by atoms with Gasteiger partial charge in [0.1, 0.15) is 0 Å². The van der Waals surface area contributed by atoms with Crippen LogP contribution in [0.1, 0.15) is 53.7 Å². The Bertz CT molecular complexity index is 1220. The van der Waals surface area contributed by atoms with E-state index in [0.29, 0.717) is 11.8 Å². The largest absolute Gasteiger partial charge is 0.378 e. The fraction of sp³-hybridized carbons (Fsp3) is 0.241. The van der Waals surface area contributed by atoms with Gasteiger partial charge in [-0.3, -0.25) is 4.79 Å². The summed E-state index contributed by atoms with van der Waals surface area (Å²) >= 11 is 0. The van der Waals surface area contributed by atoms with Gasteiger partial charge in [-0.25, -0.2) is 5.43 Å². The van der Waals surface area contributed by atoms with E-state index >= 15 is 0 Å². The van der Waals surface area contributed by atoms with Gasteiger partial charge in [-0.2, -0.15) is 5.10 Å². The summed E-state index contributed by atoms with van der Waals surface area (Å²) in [5.74, 6) is 0.548. The zero-order valence-electron chi connectivity index (χ0n) is 19.4. The molecule has 0 spiro atoms. The second kappa shape index (κ2) is 9.65. The van der Waals surface area contributed by atoms with Crippen molar-refractivity contribution in [1.29, 1.82) is 0 Å². The average molecular weight is 452 g/mol. The predicted octanol–water partition coefficient (Wildman–Crippen LogP) is 5.74. The Kier molecular flexibility index (Phi) is 6.28. The van der Waals surface area contributed by atoms with Crippen LogP contribution in [-0.2, 0) is 9.53 Å². The van der Waals surface area contributed by atoms with Gasteiger partial charge in [0.25, 0.3) is 5.91 Å². The number of carbonyl (C=O) groups excluding carboxylic acids is 1. The molecule has 172 valence electrons. The highest BCUT2D eigenvalue weighted by molar-refractivity contribution is 6.00. The molecule has 2 N–H and O–H groups in total. The molecule has 0 fully saturated rings. The van der Waals surface area contributed by atoms with E-state index in [1.807, 2.05) is 37.3 Å². The Morgan fingerprint density at radius 2 is 1.79 bits per heavy atom. The number of methoxy groups -OCH3 is 1. The lowest BCUT2D eigenvalue weighted by Crippen LogP contribution is -2.29. The number of hydrogen-bond acceptors (Lipinski definition) is 4. The van der Waals surface area contributed by atoms with Crippen LogP contribution in [0, 0.1) is 5.92 Å². The number of carbonyl (C=O) groups is 1. The van der Waals surface area contributed by atoms with E-state index < -0.39 is 6.10 Å². The number of benzene rings is 3. The first-order valence-corrected chi connectivity index (χ1v) is 11.7. The van der Waals surface area contributed by atoms with E-state index in [1.165, 1.54) is 18.2 Å². The van der Waals surface area contributed by atoms with Crippen LogP contribution in [0.3, 0.4) is 0 Å². The molecule has 3 aromatic carbocycles. The minimum Gasteiger partial charge on any atom is -0.378 e. The van der Waals surface area contributed by atoms with Crippen molar-refractivity contribution in [1.82, 2.24) is 5.43 Å². The Morgan fingerprint density at radius 3 is 2.53 bits per heavy atom. The van der Waals surface area contributed by atoms with E-state index in [9.17, 15) is 4.79 Å². The van der Waals surface area contributed by atoms with E-state index in [-0.39, 0.29) is 11.9 Å². The summed E-state index contributed by atoms with van der Waals surface area (Å²) in [4.78, 5) is 12.7. The quantitative estimate of drug-likeness (QED) is 0.285. The minimum absolute atomic E-state index is 0.289. The molecule has 0 saturated heterocycles. The molecule has 5 rings (SSSR count). The summed E-state index contributed by atoms with van der Waals surface area (Å²) in [5, 5.41) is 8.16. The molecule has 0 saturated carbocycles. The molecule has 1 aliphatic carbocycles. The Hall–Kier alpha value is -3.70. The van der Waals surface area contributed by atoms with Crippen molar-refractivity contribution in [2.24, 2.45) is 11.0 Å². The average Bonchev–Trinajstić information content (AvgIpc) is 3.38. The lowest BCUT2D eigenvalue weighted by molar-refractivity contribution is -0.131. The second-order valence-corrected chi connectivity index (χ2v) is 8.89. The number of rotatable bonds is 6. The van der Waals surface area contributed by atoms with Crippen molar-refractivity contribution in [3.63, 3.8) is 0 Å². The normalized spacial score (nSPS) is 21.8. The maximum Gasteiger partial charge on any atom is 0.273 e. The van der Waals surface area contributed by atoms with Crippen LogP contribution in [0.15, 0.2) is 96.1 Å². The van der Waals surface area contributed by atoms with Gasteiger partial charge in [-0.15, -0.1) is 0 Å². The van der Waals surface area contributed by atoms with Crippen LogP contribution in [0.25, 0.3) is 0 Å². The number of ether oxygens (including phenoxy) is 1. The van der Waals surface area contributed by atoms with Crippen LogP contribution >= 0.6 is 0 Å². The molecule has 3 aromatic rings. The van der Waals surface area contributed by atoms with Gasteiger partial charge in [0.05, 0.1) is 11.8 Å². The van der Waals surface area contributed by atoms with Gasteiger partial charge < -0.3 is 10.1 Å². The molecule has 5 heteroatoms. The van der Waals surface area contributed by atoms with E-state index in [2.05, 4.69) is 76.5 Å². The third-order valence-electron chi connectivity index (χ3n) is 6.85. The third-order valence-corrected chi connectivity index (χ3v) is 6.85. The summed E-state index contributed by atoms with van der Waals surface area (Å²) in [7, 11) is 1.53. The van der Waals surface area contributed by atoms with Crippen molar-refractivity contribution < 1.29 is 9.53 Å². The van der Waals surface area contributed by atoms with E-state index in [1.54, 1.807) is 0 Å². The fourth-order valence-corrected chi connectivity index (χ4v) is 5.09. The molecule has 1 heterocycles. The molecule has 0 aromatic heterocycles. The van der Waals surface area contributed by atoms with Crippen molar-refractivity contribution in [2.75, 3.05) is 12.4 Å². The molecule has 34 heavy (non-hydrogen) atoms. The monoisotopic (exact) mass is 451 g/mol. The van der Waals surface area contributed by atoms with Crippen LogP contribution < -0.4 is 10.7 Å². The first kappa shape index (κ1) is 22.1. The summed E-state index contributed by atoms with van der Waals surface area (Å²) < 4.78 is 5.41. The topological polar surface area (TPSA) is 62.7 Å². The molecule has 2 aliphatic rings. The number of hydrogen-bond donors (Lipinski definition) is 2. The van der Waals surface area contributed by atoms with E-state index in [4.69, 9.17) is 4.74 Å². The lowest BCUT2D eigenvalue weighted by Gasteiger charge is -2.37. The summed E-state index contributed by atoms with van der Waals surface area (Å²) in [6.07, 6.45) is 4.98. The second-order valence-electron chi connectivity index (χ2n) is 8.89. The first-order chi connectivity index (χ1) is 16.7. The maximum atomic E-state index is 12.7. The minimum atomic E-state index is -0.704. The zero-order valence-corrected chi connectivity index (χ0v) is 19.4.